The number of aromatic nitrogens is 3. The van der Waals surface area contributed by atoms with Crippen molar-refractivity contribution in [1.82, 2.24) is 30.6 Å². The monoisotopic (exact) mass is 772 g/mol. The molecule has 0 unspecified atom stereocenters. The summed E-state index contributed by atoms with van der Waals surface area (Å²) >= 11 is 0. The normalized spacial score (nSPS) is 14.2. The number of morpholine rings is 1. The summed E-state index contributed by atoms with van der Waals surface area (Å²) in [5.41, 5.74) is 14.1. The van der Waals surface area contributed by atoms with Crippen LogP contribution in [0.1, 0.15) is 64.6 Å². The first-order valence-electron chi connectivity index (χ1n) is 18.7. The third-order valence-corrected chi connectivity index (χ3v) is 9.46. The van der Waals surface area contributed by atoms with E-state index in [0.29, 0.717) is 87.7 Å². The molecule has 2 aliphatic rings. The topological polar surface area (TPSA) is 214 Å². The van der Waals surface area contributed by atoms with Crippen LogP contribution in [-0.4, -0.2) is 94.5 Å². The maximum atomic E-state index is 13.3. The Balaban J connectivity index is 0.936. The van der Waals surface area contributed by atoms with Crippen LogP contribution in [0.2, 0.25) is 0 Å². The Bertz CT molecular complexity index is 2150. The summed E-state index contributed by atoms with van der Waals surface area (Å²) in [6.07, 6.45) is 10.1. The van der Waals surface area contributed by atoms with E-state index in [-0.39, 0.29) is 41.6 Å². The van der Waals surface area contributed by atoms with Crippen LogP contribution >= 0.6 is 0 Å². The zero-order chi connectivity index (χ0) is 40.1. The molecule has 294 valence electrons. The highest BCUT2D eigenvalue weighted by Crippen LogP contribution is 2.27. The van der Waals surface area contributed by atoms with Crippen LogP contribution < -0.4 is 26.7 Å². The van der Waals surface area contributed by atoms with Crippen molar-refractivity contribution in [2.75, 3.05) is 55.3 Å². The first kappa shape index (κ1) is 39.9. The highest BCUT2D eigenvalue weighted by Gasteiger charge is 2.23. The molecule has 2 aliphatic heterocycles. The van der Waals surface area contributed by atoms with Crippen molar-refractivity contribution < 1.29 is 28.7 Å². The van der Waals surface area contributed by atoms with Gasteiger partial charge in [0.05, 0.1) is 48.4 Å². The Morgan fingerprint density at radius 3 is 2.33 bits per heavy atom. The standard InChI is InChI=1S/C41H44N10O6/c1-27(48-49-35(52)5-3-2-4-20-51-36(53)14-15-37(51)54)29-10-12-31(13-11-29)40(55)44-19-16-28-6-8-30(9-7-28)32-26-45-39(42)38(46-32)41(56)47-33-25-43-18-17-34(33)50-21-23-57-24-22-50/h6-15,17-18,25-26H,2-5,16,19-24H2,1H3,(H2,42,45)(H,44,55)(H,47,56)(H,49,52)/b48-27-. The highest BCUT2D eigenvalue weighted by molar-refractivity contribution is 6.13. The third-order valence-electron chi connectivity index (χ3n) is 9.46. The number of carbonyl (C=O) groups excluding carboxylic acids is 5. The molecule has 4 aromatic rings. The van der Waals surface area contributed by atoms with Gasteiger partial charge >= 0.3 is 0 Å². The maximum Gasteiger partial charge on any atom is 0.278 e. The van der Waals surface area contributed by atoms with Crippen LogP contribution in [0.25, 0.3) is 11.3 Å². The number of benzene rings is 2. The molecule has 0 spiro atoms. The Morgan fingerprint density at radius 1 is 0.877 bits per heavy atom. The van der Waals surface area contributed by atoms with E-state index in [4.69, 9.17) is 10.5 Å². The molecule has 2 aromatic heterocycles. The van der Waals surface area contributed by atoms with Crippen molar-refractivity contribution in [2.24, 2.45) is 5.10 Å². The van der Waals surface area contributed by atoms with E-state index in [9.17, 15) is 24.0 Å². The van der Waals surface area contributed by atoms with E-state index in [1.165, 1.54) is 23.2 Å². The molecule has 1 saturated heterocycles. The SMILES string of the molecule is C/C(=N/NC(=O)CCCCCN1C(=O)C=CC1=O)c1ccc(C(=O)NCCc2ccc(-c3cnc(N)c(C(=O)Nc4cnccc4N4CCOCC4)n3)cc2)cc1. The van der Waals surface area contributed by atoms with Gasteiger partial charge in [0.25, 0.3) is 23.6 Å². The number of rotatable bonds is 16. The number of pyridine rings is 1. The van der Waals surface area contributed by atoms with Gasteiger partial charge in [-0.05, 0) is 55.5 Å². The lowest BCUT2D eigenvalue weighted by Gasteiger charge is -2.30. The Kier molecular flexibility index (Phi) is 13.4. The smallest absolute Gasteiger partial charge is 0.278 e. The fourth-order valence-electron chi connectivity index (χ4n) is 6.23. The van der Waals surface area contributed by atoms with Crippen LogP contribution in [-0.2, 0) is 25.5 Å². The van der Waals surface area contributed by atoms with E-state index in [2.05, 4.69) is 41.0 Å². The fourth-order valence-corrected chi connectivity index (χ4v) is 6.23. The first-order chi connectivity index (χ1) is 27.7. The van der Waals surface area contributed by atoms with Crippen molar-refractivity contribution in [3.05, 3.63) is 108 Å². The molecule has 0 radical (unpaired) electrons. The number of nitrogen functional groups attached to an aromatic ring is 1. The Labute approximate surface area is 329 Å². The highest BCUT2D eigenvalue weighted by atomic mass is 16.5. The molecule has 0 aliphatic carbocycles. The molecule has 6 rings (SSSR count). The number of anilines is 3. The van der Waals surface area contributed by atoms with Crippen molar-refractivity contribution in [2.45, 2.75) is 39.0 Å². The molecule has 16 nitrogen and oxygen atoms in total. The van der Waals surface area contributed by atoms with Crippen LogP contribution in [0.15, 0.2) is 90.4 Å². The minimum atomic E-state index is -0.494. The van der Waals surface area contributed by atoms with E-state index in [0.717, 1.165) is 22.4 Å². The molecule has 2 aromatic carbocycles. The van der Waals surface area contributed by atoms with E-state index < -0.39 is 5.91 Å². The predicted molar refractivity (Wildman–Crippen MR) is 214 cm³/mol. The summed E-state index contributed by atoms with van der Waals surface area (Å²) in [6.45, 7) is 5.10. The summed E-state index contributed by atoms with van der Waals surface area (Å²) < 4.78 is 5.46. The molecule has 5 N–H and O–H groups in total. The van der Waals surface area contributed by atoms with E-state index >= 15 is 0 Å². The van der Waals surface area contributed by atoms with E-state index in [1.54, 1.807) is 43.6 Å². The lowest BCUT2D eigenvalue weighted by Crippen LogP contribution is -2.36. The van der Waals surface area contributed by atoms with Gasteiger partial charge in [-0.15, -0.1) is 0 Å². The van der Waals surface area contributed by atoms with Crippen molar-refractivity contribution in [1.29, 1.82) is 0 Å². The average Bonchev–Trinajstić information content (AvgIpc) is 3.56. The summed E-state index contributed by atoms with van der Waals surface area (Å²) in [5.74, 6) is -1.54. The summed E-state index contributed by atoms with van der Waals surface area (Å²) in [6, 6.07) is 16.4. The minimum absolute atomic E-state index is 0.00434. The molecule has 0 atom stereocenters. The zero-order valence-electron chi connectivity index (χ0n) is 31.6. The molecule has 4 heterocycles. The number of hydrazone groups is 1. The van der Waals surface area contributed by atoms with Gasteiger partial charge in [-0.2, -0.15) is 5.10 Å². The number of carbonyl (C=O) groups is 5. The molecular formula is C41H44N10O6. The molecule has 1 fully saturated rings. The van der Waals surface area contributed by atoms with Gasteiger partial charge in [0.15, 0.2) is 11.5 Å². The van der Waals surface area contributed by atoms with Crippen LogP contribution in [0.3, 0.4) is 0 Å². The zero-order valence-corrected chi connectivity index (χ0v) is 31.6. The van der Waals surface area contributed by atoms with Gasteiger partial charge in [0.1, 0.15) is 0 Å². The molecule has 16 heteroatoms. The Morgan fingerprint density at radius 2 is 1.60 bits per heavy atom. The van der Waals surface area contributed by atoms with Gasteiger partial charge in [0.2, 0.25) is 5.91 Å². The first-order valence-corrected chi connectivity index (χ1v) is 18.7. The predicted octanol–water partition coefficient (Wildman–Crippen LogP) is 3.51. The molecule has 57 heavy (non-hydrogen) atoms. The number of hydrogen-bond donors (Lipinski definition) is 4. The van der Waals surface area contributed by atoms with Gasteiger partial charge in [-0.1, -0.05) is 42.8 Å². The lowest BCUT2D eigenvalue weighted by molar-refractivity contribution is -0.137. The molecular weight excluding hydrogens is 729 g/mol. The number of nitrogens with one attached hydrogen (secondary N) is 3. The largest absolute Gasteiger partial charge is 0.382 e. The second-order valence-corrected chi connectivity index (χ2v) is 13.4. The number of imide groups is 1. The average molecular weight is 773 g/mol. The van der Waals surface area contributed by atoms with Crippen LogP contribution in [0.4, 0.5) is 17.2 Å². The fraction of sp³-hybridized carbons (Fsp3) is 0.293. The van der Waals surface area contributed by atoms with Crippen molar-refractivity contribution in [3.8, 4) is 11.3 Å². The van der Waals surface area contributed by atoms with Gasteiger partial charge < -0.3 is 26.0 Å². The number of unbranched alkanes of at least 4 members (excludes halogenated alkanes) is 2. The molecule has 0 saturated carbocycles. The number of amides is 5. The van der Waals surface area contributed by atoms with Crippen LogP contribution in [0, 0.1) is 0 Å². The molecule has 5 amide bonds. The second-order valence-electron chi connectivity index (χ2n) is 13.4. The van der Waals surface area contributed by atoms with Gasteiger partial charge in [-0.3, -0.25) is 33.9 Å². The number of nitrogens with zero attached hydrogens (tertiary/aromatic N) is 6. The van der Waals surface area contributed by atoms with Crippen molar-refractivity contribution >= 4 is 52.4 Å². The quantitative estimate of drug-likeness (QED) is 0.0560. The summed E-state index contributed by atoms with van der Waals surface area (Å²) in [7, 11) is 0. The van der Waals surface area contributed by atoms with E-state index in [1.807, 2.05) is 30.3 Å². The van der Waals surface area contributed by atoms with Crippen LogP contribution in [0.5, 0.6) is 0 Å². The molecule has 0 bridgehead atoms. The number of hydrogen-bond acceptors (Lipinski definition) is 12. The number of ether oxygens (including phenoxy) is 1. The van der Waals surface area contributed by atoms with Gasteiger partial charge in [0, 0.05) is 62.1 Å². The lowest BCUT2D eigenvalue weighted by atomic mass is 10.1. The minimum Gasteiger partial charge on any atom is -0.382 e. The van der Waals surface area contributed by atoms with Gasteiger partial charge in [-0.25, -0.2) is 15.4 Å². The summed E-state index contributed by atoms with van der Waals surface area (Å²) in [4.78, 5) is 77.9. The number of nitrogens with two attached hydrogens (primary N) is 1. The second kappa shape index (κ2) is 19.2. The summed E-state index contributed by atoms with van der Waals surface area (Å²) in [5, 5.41) is 10.0. The van der Waals surface area contributed by atoms with Crippen molar-refractivity contribution in [3.63, 3.8) is 0 Å². The Hall–Kier alpha value is -6.81. The third kappa shape index (κ3) is 10.7. The maximum absolute atomic E-state index is 13.3.